The van der Waals surface area contributed by atoms with Gasteiger partial charge in [0.15, 0.2) is 0 Å². The minimum Gasteiger partial charge on any atom is -0.355 e. The Labute approximate surface area is 145 Å². The number of hydrogen-bond donors (Lipinski definition) is 1. The van der Waals surface area contributed by atoms with Crippen molar-refractivity contribution in [1.82, 2.24) is 10.2 Å². The van der Waals surface area contributed by atoms with Gasteiger partial charge in [0.05, 0.1) is 6.54 Å². The van der Waals surface area contributed by atoms with E-state index in [1.54, 1.807) is 4.90 Å². The fourth-order valence-electron chi connectivity index (χ4n) is 6.50. The van der Waals surface area contributed by atoms with E-state index in [4.69, 9.17) is 0 Å². The maximum Gasteiger partial charge on any atom is 0.239 e. The number of carbonyl (C=O) groups is 2. The number of carbonyl (C=O) groups excluding carboxylic acids is 2. The van der Waals surface area contributed by atoms with Gasteiger partial charge in [-0.2, -0.15) is 0 Å². The van der Waals surface area contributed by atoms with E-state index < -0.39 is 0 Å². The molecule has 1 saturated heterocycles. The molecule has 1 aliphatic heterocycles. The van der Waals surface area contributed by atoms with Gasteiger partial charge in [-0.15, -0.1) is 0 Å². The number of nitrogens with one attached hydrogen (secondary N) is 1. The highest BCUT2D eigenvalue weighted by atomic mass is 16.2. The third kappa shape index (κ3) is 3.48. The molecule has 4 aliphatic carbocycles. The van der Waals surface area contributed by atoms with E-state index in [1.165, 1.54) is 38.5 Å². The molecule has 5 rings (SSSR count). The van der Waals surface area contributed by atoms with E-state index in [0.717, 1.165) is 56.5 Å². The van der Waals surface area contributed by atoms with Gasteiger partial charge < -0.3 is 10.2 Å². The zero-order valence-corrected chi connectivity index (χ0v) is 14.9. The molecule has 24 heavy (non-hydrogen) atoms. The average Bonchev–Trinajstić information content (AvgIpc) is 2.71. The van der Waals surface area contributed by atoms with Crippen molar-refractivity contribution in [3.63, 3.8) is 0 Å². The summed E-state index contributed by atoms with van der Waals surface area (Å²) in [5.41, 5.74) is 0.528. The van der Waals surface area contributed by atoms with Crippen LogP contribution >= 0.6 is 0 Å². The first-order valence-corrected chi connectivity index (χ1v) is 10.2. The Bertz CT molecular complexity index is 467. The lowest BCUT2D eigenvalue weighted by Crippen LogP contribution is -2.47. The molecule has 0 atom stereocenters. The van der Waals surface area contributed by atoms with Crippen molar-refractivity contribution in [2.45, 2.75) is 70.6 Å². The Morgan fingerprint density at radius 2 is 1.71 bits per heavy atom. The summed E-state index contributed by atoms with van der Waals surface area (Å²) < 4.78 is 0. The van der Waals surface area contributed by atoms with Crippen LogP contribution < -0.4 is 5.32 Å². The normalized spacial score (nSPS) is 38.2. The molecule has 5 aliphatic rings. The molecule has 5 fully saturated rings. The van der Waals surface area contributed by atoms with Crippen molar-refractivity contribution >= 4 is 11.8 Å². The molecule has 4 nitrogen and oxygen atoms in total. The highest BCUT2D eigenvalue weighted by molar-refractivity contribution is 5.84. The highest BCUT2D eigenvalue weighted by Crippen LogP contribution is 2.61. The molecule has 0 aromatic rings. The average molecular weight is 332 g/mol. The second-order valence-corrected chi connectivity index (χ2v) is 9.14. The van der Waals surface area contributed by atoms with Gasteiger partial charge >= 0.3 is 0 Å². The van der Waals surface area contributed by atoms with Crippen molar-refractivity contribution in [2.24, 2.45) is 23.2 Å². The molecule has 0 aromatic heterocycles. The Kier molecular flexibility index (Phi) is 4.57. The van der Waals surface area contributed by atoms with Gasteiger partial charge in [0.1, 0.15) is 0 Å². The van der Waals surface area contributed by atoms with Gasteiger partial charge in [-0.05, 0) is 81.0 Å². The van der Waals surface area contributed by atoms with E-state index in [0.29, 0.717) is 11.8 Å². The molecule has 4 heteroatoms. The summed E-state index contributed by atoms with van der Waals surface area (Å²) in [6.45, 7) is 1.81. The Morgan fingerprint density at radius 3 is 2.38 bits per heavy atom. The van der Waals surface area contributed by atoms with Crippen molar-refractivity contribution in [1.29, 1.82) is 0 Å². The quantitative estimate of drug-likeness (QED) is 0.841. The van der Waals surface area contributed by atoms with E-state index in [-0.39, 0.29) is 18.4 Å². The van der Waals surface area contributed by atoms with Crippen LogP contribution in [-0.4, -0.2) is 36.3 Å². The lowest BCUT2D eigenvalue weighted by molar-refractivity contribution is -0.135. The van der Waals surface area contributed by atoms with Crippen LogP contribution in [0.5, 0.6) is 0 Å². The number of likely N-dealkylation sites (tertiary alicyclic amines) is 1. The van der Waals surface area contributed by atoms with Gasteiger partial charge in [-0.3, -0.25) is 9.59 Å². The Balaban J connectivity index is 1.24. The zero-order valence-electron chi connectivity index (χ0n) is 14.9. The number of amides is 2. The molecular formula is C20H32N2O2. The summed E-state index contributed by atoms with van der Waals surface area (Å²) in [7, 11) is 0. The molecule has 0 radical (unpaired) electrons. The number of nitrogens with zero attached hydrogens (tertiary/aromatic N) is 1. The van der Waals surface area contributed by atoms with Crippen molar-refractivity contribution in [2.75, 3.05) is 19.6 Å². The van der Waals surface area contributed by atoms with Crippen LogP contribution in [0.1, 0.15) is 70.6 Å². The summed E-state index contributed by atoms with van der Waals surface area (Å²) in [6, 6.07) is 0. The zero-order chi connectivity index (χ0) is 16.6. The van der Waals surface area contributed by atoms with E-state index in [1.807, 2.05) is 0 Å². The highest BCUT2D eigenvalue weighted by Gasteiger charge is 2.50. The van der Waals surface area contributed by atoms with Gasteiger partial charge in [0, 0.05) is 19.5 Å². The first-order chi connectivity index (χ1) is 11.6. The number of rotatable bonds is 5. The van der Waals surface area contributed by atoms with Crippen LogP contribution in [0.2, 0.25) is 0 Å². The van der Waals surface area contributed by atoms with Gasteiger partial charge in [0.25, 0.3) is 0 Å². The second kappa shape index (κ2) is 6.68. The standard InChI is InChI=1S/C20H32N2O2/c23-18(14-22-7-3-1-2-4-19(22)24)21-6-5-20-11-15-8-16(12-20)10-17(9-15)13-20/h15-17H,1-14H2,(H,21,23). The minimum atomic E-state index is 0.0370. The fraction of sp³-hybridized carbons (Fsp3) is 0.900. The maximum atomic E-state index is 12.2. The van der Waals surface area contributed by atoms with Crippen molar-refractivity contribution in [3.05, 3.63) is 0 Å². The third-order valence-corrected chi connectivity index (χ3v) is 7.15. The van der Waals surface area contributed by atoms with Crippen molar-refractivity contribution < 1.29 is 9.59 Å². The molecule has 2 amide bonds. The van der Waals surface area contributed by atoms with Gasteiger partial charge in [0.2, 0.25) is 11.8 Å². The van der Waals surface area contributed by atoms with E-state index in [9.17, 15) is 9.59 Å². The largest absolute Gasteiger partial charge is 0.355 e. The first-order valence-electron chi connectivity index (χ1n) is 10.2. The smallest absolute Gasteiger partial charge is 0.239 e. The molecular weight excluding hydrogens is 300 g/mol. The van der Waals surface area contributed by atoms with Crippen LogP contribution in [-0.2, 0) is 9.59 Å². The molecule has 4 bridgehead atoms. The molecule has 1 N–H and O–H groups in total. The molecule has 0 aromatic carbocycles. The Hall–Kier alpha value is -1.06. The lowest BCUT2D eigenvalue weighted by atomic mass is 9.49. The van der Waals surface area contributed by atoms with Crippen LogP contribution in [0.4, 0.5) is 0 Å². The summed E-state index contributed by atoms with van der Waals surface area (Å²) in [4.78, 5) is 26.0. The summed E-state index contributed by atoms with van der Waals surface area (Å²) in [6.07, 6.45) is 13.5. The summed E-state index contributed by atoms with van der Waals surface area (Å²) in [5.74, 6) is 3.11. The molecule has 1 heterocycles. The fourth-order valence-corrected chi connectivity index (χ4v) is 6.50. The number of hydrogen-bond acceptors (Lipinski definition) is 2. The van der Waals surface area contributed by atoms with Gasteiger partial charge in [-0.25, -0.2) is 0 Å². The lowest BCUT2D eigenvalue weighted by Gasteiger charge is -2.57. The summed E-state index contributed by atoms with van der Waals surface area (Å²) in [5, 5.41) is 3.11. The third-order valence-electron chi connectivity index (χ3n) is 7.15. The van der Waals surface area contributed by atoms with Crippen molar-refractivity contribution in [3.8, 4) is 0 Å². The van der Waals surface area contributed by atoms with Gasteiger partial charge in [-0.1, -0.05) is 6.42 Å². The van der Waals surface area contributed by atoms with Crippen LogP contribution in [0.25, 0.3) is 0 Å². The van der Waals surface area contributed by atoms with Crippen LogP contribution in [0, 0.1) is 23.2 Å². The summed E-state index contributed by atoms with van der Waals surface area (Å²) >= 11 is 0. The first kappa shape index (κ1) is 16.4. The second-order valence-electron chi connectivity index (χ2n) is 9.14. The molecule has 0 spiro atoms. The monoisotopic (exact) mass is 332 g/mol. The predicted octanol–water partition coefficient (Wildman–Crippen LogP) is 3.11. The molecule has 4 saturated carbocycles. The van der Waals surface area contributed by atoms with Crippen LogP contribution in [0.15, 0.2) is 0 Å². The SMILES string of the molecule is O=C(CN1CCCCCC1=O)NCCC12CC3CC(CC(C3)C1)C2. The van der Waals surface area contributed by atoms with E-state index in [2.05, 4.69) is 5.32 Å². The Morgan fingerprint density at radius 1 is 1.04 bits per heavy atom. The van der Waals surface area contributed by atoms with E-state index >= 15 is 0 Å². The maximum absolute atomic E-state index is 12.2. The topological polar surface area (TPSA) is 49.4 Å². The molecule has 0 unspecified atom stereocenters. The van der Waals surface area contributed by atoms with Crippen LogP contribution in [0.3, 0.4) is 0 Å². The minimum absolute atomic E-state index is 0.0370. The predicted molar refractivity (Wildman–Crippen MR) is 93.3 cm³/mol. The molecule has 134 valence electrons.